The molecule has 0 aliphatic rings. The number of nitrogens with one attached hydrogen (secondary N) is 1. The van der Waals surface area contributed by atoms with Gasteiger partial charge in [-0.05, 0) is 43.3 Å². The van der Waals surface area contributed by atoms with Crippen molar-refractivity contribution >= 4 is 43.2 Å². The Hall–Kier alpha value is -2.06. The smallest absolute Gasteiger partial charge is 0.247 e. The van der Waals surface area contributed by atoms with Crippen LogP contribution >= 0.6 is 15.9 Å². The highest BCUT2D eigenvalue weighted by atomic mass is 79.9. The maximum Gasteiger partial charge on any atom is 0.247 e. The van der Waals surface area contributed by atoms with Crippen LogP contribution in [0.5, 0.6) is 5.75 Å². The summed E-state index contributed by atoms with van der Waals surface area (Å²) >= 11 is 3.32. The number of hydrogen-bond acceptors (Lipinski definition) is 4. The van der Waals surface area contributed by atoms with Gasteiger partial charge >= 0.3 is 0 Å². The van der Waals surface area contributed by atoms with Crippen molar-refractivity contribution in [3.8, 4) is 5.75 Å². The molecule has 0 unspecified atom stereocenters. The zero-order valence-electron chi connectivity index (χ0n) is 14.1. The molecule has 2 aromatic carbocycles. The Morgan fingerprint density at radius 1 is 1.20 bits per heavy atom. The summed E-state index contributed by atoms with van der Waals surface area (Å²) in [7, 11) is -2.18. The van der Waals surface area contributed by atoms with E-state index in [0.717, 1.165) is 15.0 Å². The van der Waals surface area contributed by atoms with E-state index >= 15 is 0 Å². The van der Waals surface area contributed by atoms with Gasteiger partial charge in [-0.1, -0.05) is 22.0 Å². The van der Waals surface area contributed by atoms with Crippen molar-refractivity contribution in [1.29, 1.82) is 0 Å². The summed E-state index contributed by atoms with van der Waals surface area (Å²) in [6.45, 7) is 1.54. The fourth-order valence-corrected chi connectivity index (χ4v) is 3.77. The van der Waals surface area contributed by atoms with Gasteiger partial charge in [-0.15, -0.1) is 0 Å². The second kappa shape index (κ2) is 7.88. The van der Waals surface area contributed by atoms with Gasteiger partial charge in [0.15, 0.2) is 0 Å². The molecule has 8 heteroatoms. The van der Waals surface area contributed by atoms with Crippen LogP contribution in [-0.2, 0) is 14.8 Å². The molecule has 134 valence electrons. The first kappa shape index (κ1) is 19.3. The zero-order chi connectivity index (χ0) is 18.6. The van der Waals surface area contributed by atoms with Gasteiger partial charge in [0.1, 0.15) is 11.8 Å². The van der Waals surface area contributed by atoms with Crippen LogP contribution in [0.3, 0.4) is 0 Å². The molecular weight excluding hydrogens is 408 g/mol. The lowest BCUT2D eigenvalue weighted by atomic mass is 10.2. The topological polar surface area (TPSA) is 75.7 Å². The Kier molecular flexibility index (Phi) is 6.07. The van der Waals surface area contributed by atoms with Gasteiger partial charge in [0.25, 0.3) is 0 Å². The van der Waals surface area contributed by atoms with Gasteiger partial charge in [-0.3, -0.25) is 9.10 Å². The quantitative estimate of drug-likeness (QED) is 0.768. The zero-order valence-corrected chi connectivity index (χ0v) is 16.5. The van der Waals surface area contributed by atoms with E-state index in [9.17, 15) is 13.2 Å². The number of carbonyl (C=O) groups is 1. The highest BCUT2D eigenvalue weighted by Crippen LogP contribution is 2.25. The normalized spacial score (nSPS) is 12.3. The SMILES string of the molecule is COc1cccc(N([C@H](C)C(=O)Nc2ccc(Br)cc2)S(C)(=O)=O)c1. The van der Waals surface area contributed by atoms with Crippen molar-refractivity contribution < 1.29 is 17.9 Å². The lowest BCUT2D eigenvalue weighted by Gasteiger charge is -2.28. The number of amides is 1. The van der Waals surface area contributed by atoms with Crippen LogP contribution in [0, 0.1) is 0 Å². The average molecular weight is 427 g/mol. The maximum atomic E-state index is 12.6. The summed E-state index contributed by atoms with van der Waals surface area (Å²) in [5.74, 6) is 0.0715. The number of anilines is 2. The predicted molar refractivity (Wildman–Crippen MR) is 103 cm³/mol. The standard InChI is InChI=1S/C17H19BrN2O4S/c1-12(17(21)19-14-9-7-13(18)8-10-14)20(25(3,22)23)15-5-4-6-16(11-15)24-2/h4-12H,1-3H3,(H,19,21)/t12-/m1/s1. The van der Waals surface area contributed by atoms with Crippen LogP contribution in [0.2, 0.25) is 0 Å². The highest BCUT2D eigenvalue weighted by molar-refractivity contribution is 9.10. The summed E-state index contributed by atoms with van der Waals surface area (Å²) in [5, 5.41) is 2.72. The van der Waals surface area contributed by atoms with E-state index < -0.39 is 22.0 Å². The lowest BCUT2D eigenvalue weighted by molar-refractivity contribution is -0.116. The van der Waals surface area contributed by atoms with Crippen LogP contribution in [-0.4, -0.2) is 33.7 Å². The molecule has 0 aromatic heterocycles. The summed E-state index contributed by atoms with van der Waals surface area (Å²) in [5.41, 5.74) is 0.944. The third-order valence-corrected chi connectivity index (χ3v) is 5.28. The first-order valence-electron chi connectivity index (χ1n) is 7.42. The fourth-order valence-electron chi connectivity index (χ4n) is 2.34. The third kappa shape index (κ3) is 4.96. The molecule has 0 heterocycles. The third-order valence-electron chi connectivity index (χ3n) is 3.51. The number of methoxy groups -OCH3 is 1. The van der Waals surface area contributed by atoms with Gasteiger partial charge < -0.3 is 10.1 Å². The number of sulfonamides is 1. The Labute approximate surface area is 156 Å². The number of benzene rings is 2. The van der Waals surface area contributed by atoms with Crippen molar-refractivity contribution in [2.75, 3.05) is 23.0 Å². The van der Waals surface area contributed by atoms with Crippen molar-refractivity contribution in [1.82, 2.24) is 0 Å². The molecule has 6 nitrogen and oxygen atoms in total. The van der Waals surface area contributed by atoms with E-state index in [0.29, 0.717) is 17.1 Å². The van der Waals surface area contributed by atoms with Crippen LogP contribution in [0.25, 0.3) is 0 Å². The number of rotatable bonds is 6. The molecular formula is C17H19BrN2O4S. The summed E-state index contributed by atoms with van der Waals surface area (Å²) < 4.78 is 31.6. The number of ether oxygens (including phenoxy) is 1. The van der Waals surface area contributed by atoms with Crippen LogP contribution in [0.1, 0.15) is 6.92 Å². The molecule has 2 rings (SSSR count). The van der Waals surface area contributed by atoms with Crippen LogP contribution < -0.4 is 14.4 Å². The second-order valence-corrected chi connectivity index (χ2v) is 8.21. The Morgan fingerprint density at radius 2 is 1.84 bits per heavy atom. The molecule has 1 amide bonds. The number of hydrogen-bond donors (Lipinski definition) is 1. The van der Waals surface area contributed by atoms with Gasteiger partial charge in [-0.2, -0.15) is 0 Å². The minimum absolute atomic E-state index is 0.361. The molecule has 0 saturated carbocycles. The Balaban J connectivity index is 2.30. The highest BCUT2D eigenvalue weighted by Gasteiger charge is 2.29. The van der Waals surface area contributed by atoms with Crippen LogP contribution in [0.4, 0.5) is 11.4 Å². The van der Waals surface area contributed by atoms with Gasteiger partial charge in [0, 0.05) is 16.2 Å². The summed E-state index contributed by atoms with van der Waals surface area (Å²) in [4.78, 5) is 12.6. The van der Waals surface area contributed by atoms with Crippen molar-refractivity contribution in [2.24, 2.45) is 0 Å². The van der Waals surface area contributed by atoms with E-state index in [1.807, 2.05) is 0 Å². The minimum Gasteiger partial charge on any atom is -0.497 e. The number of carbonyl (C=O) groups excluding carboxylic acids is 1. The monoisotopic (exact) mass is 426 g/mol. The van der Waals surface area contributed by atoms with Crippen LogP contribution in [0.15, 0.2) is 53.0 Å². The van der Waals surface area contributed by atoms with E-state index in [1.165, 1.54) is 14.0 Å². The lowest BCUT2D eigenvalue weighted by Crippen LogP contribution is -2.45. The largest absolute Gasteiger partial charge is 0.497 e. The average Bonchev–Trinajstić information content (AvgIpc) is 2.56. The molecule has 0 saturated heterocycles. The summed E-state index contributed by atoms with van der Waals surface area (Å²) in [6, 6.07) is 12.7. The van der Waals surface area contributed by atoms with Crippen molar-refractivity contribution in [3.05, 3.63) is 53.0 Å². The molecule has 25 heavy (non-hydrogen) atoms. The van der Waals surface area contributed by atoms with E-state index in [4.69, 9.17) is 4.74 Å². The van der Waals surface area contributed by atoms with Gasteiger partial charge in [0.2, 0.25) is 15.9 Å². The second-order valence-electron chi connectivity index (χ2n) is 5.43. The van der Waals surface area contributed by atoms with E-state index in [2.05, 4.69) is 21.2 Å². The van der Waals surface area contributed by atoms with Crippen molar-refractivity contribution in [3.63, 3.8) is 0 Å². The summed E-state index contributed by atoms with van der Waals surface area (Å²) in [6.07, 6.45) is 1.07. The molecule has 0 radical (unpaired) electrons. The molecule has 1 atom stereocenters. The molecule has 0 aliphatic carbocycles. The Bertz CT molecular complexity index is 853. The van der Waals surface area contributed by atoms with Gasteiger partial charge in [-0.25, -0.2) is 8.42 Å². The van der Waals surface area contributed by atoms with Gasteiger partial charge in [0.05, 0.1) is 19.1 Å². The molecule has 1 N–H and O–H groups in total. The Morgan fingerprint density at radius 3 is 2.40 bits per heavy atom. The minimum atomic E-state index is -3.68. The maximum absolute atomic E-state index is 12.6. The predicted octanol–water partition coefficient (Wildman–Crippen LogP) is 3.25. The van der Waals surface area contributed by atoms with E-state index in [1.54, 1.807) is 48.5 Å². The number of halogens is 1. The fraction of sp³-hybridized carbons (Fsp3) is 0.235. The van der Waals surface area contributed by atoms with Crippen molar-refractivity contribution in [2.45, 2.75) is 13.0 Å². The molecule has 0 fully saturated rings. The molecule has 0 aliphatic heterocycles. The first-order valence-corrected chi connectivity index (χ1v) is 10.1. The molecule has 0 spiro atoms. The van der Waals surface area contributed by atoms with E-state index in [-0.39, 0.29) is 0 Å². The molecule has 0 bridgehead atoms. The molecule has 2 aromatic rings. The first-order chi connectivity index (χ1) is 11.7. The number of nitrogens with zero attached hydrogens (tertiary/aromatic N) is 1.